The van der Waals surface area contributed by atoms with Gasteiger partial charge in [-0.05, 0) is 71.3 Å². The van der Waals surface area contributed by atoms with Crippen LogP contribution >= 0.6 is 22.9 Å². The van der Waals surface area contributed by atoms with Crippen molar-refractivity contribution in [2.75, 3.05) is 20.2 Å². The van der Waals surface area contributed by atoms with E-state index in [1.807, 2.05) is 29.0 Å². The highest BCUT2D eigenvalue weighted by molar-refractivity contribution is 7.11. The summed E-state index contributed by atoms with van der Waals surface area (Å²) in [5.74, 6) is 1.97. The zero-order valence-electron chi connectivity index (χ0n) is 20.7. The molecule has 0 N–H and O–H groups in total. The van der Waals surface area contributed by atoms with Crippen molar-refractivity contribution in [2.24, 2.45) is 0 Å². The first kappa shape index (κ1) is 23.6. The number of aryl methyl sites for hydroxylation is 1. The van der Waals surface area contributed by atoms with E-state index in [0.29, 0.717) is 47.1 Å². The molecule has 3 aromatic heterocycles. The van der Waals surface area contributed by atoms with Crippen LogP contribution in [0, 0.1) is 6.92 Å². The summed E-state index contributed by atoms with van der Waals surface area (Å²) in [6, 6.07) is 6.25. The number of likely N-dealkylation sites (tertiary alicyclic amines) is 1. The van der Waals surface area contributed by atoms with Gasteiger partial charge in [0, 0.05) is 22.7 Å². The largest absolute Gasteiger partial charge is 0.492 e. The Bertz CT molecular complexity index is 1410. The van der Waals surface area contributed by atoms with Crippen LogP contribution in [0.2, 0.25) is 5.02 Å². The second-order valence-corrected chi connectivity index (χ2v) is 11.7. The third-order valence-corrected chi connectivity index (χ3v) is 8.26. The lowest BCUT2D eigenvalue weighted by atomic mass is 10.2. The molecule has 2 aliphatic rings. The molecule has 188 valence electrons. The summed E-state index contributed by atoms with van der Waals surface area (Å²) >= 11 is 8.48. The van der Waals surface area contributed by atoms with Crippen LogP contribution < -0.4 is 9.47 Å². The van der Waals surface area contributed by atoms with Crippen LogP contribution in [0.1, 0.15) is 42.5 Å². The number of thiazole rings is 1. The Hall–Kier alpha value is -2.75. The molecule has 8 nitrogen and oxygen atoms in total. The number of benzene rings is 1. The zero-order valence-corrected chi connectivity index (χ0v) is 22.3. The summed E-state index contributed by atoms with van der Waals surface area (Å²) in [7, 11) is 2.15. The fraction of sp³-hybridized carbons (Fsp3) is 0.462. The SMILES string of the molecule is Cc1cnc(Cn2c(-c3ccc(OC[C@H]4CCCN4C)cc3Cl)nc3c(OC4(C)CC4)ncnc32)s1. The average molecular weight is 525 g/mol. The first-order valence-corrected chi connectivity index (χ1v) is 13.5. The third-order valence-electron chi connectivity index (χ3n) is 7.05. The molecule has 0 bridgehead atoms. The maximum Gasteiger partial charge on any atom is 0.245 e. The van der Waals surface area contributed by atoms with Crippen LogP contribution in [0.4, 0.5) is 0 Å². The van der Waals surface area contributed by atoms with Gasteiger partial charge in [-0.15, -0.1) is 11.3 Å². The van der Waals surface area contributed by atoms with Gasteiger partial charge in [0.05, 0.1) is 11.6 Å². The Morgan fingerprint density at radius 2 is 2.08 bits per heavy atom. The van der Waals surface area contributed by atoms with Crippen molar-refractivity contribution in [3.05, 3.63) is 45.6 Å². The third kappa shape index (κ3) is 4.67. The number of halogens is 1. The fourth-order valence-electron chi connectivity index (χ4n) is 4.62. The molecule has 1 atom stereocenters. The molecule has 1 aliphatic carbocycles. The molecule has 10 heteroatoms. The van der Waals surface area contributed by atoms with Gasteiger partial charge in [-0.2, -0.15) is 4.98 Å². The molecule has 1 aromatic carbocycles. The number of hydrogen-bond acceptors (Lipinski definition) is 8. The summed E-state index contributed by atoms with van der Waals surface area (Å²) in [6.07, 6.45) is 7.82. The Balaban J connectivity index is 1.37. The Kier molecular flexibility index (Phi) is 6.09. The van der Waals surface area contributed by atoms with Crippen molar-refractivity contribution in [3.8, 4) is 23.0 Å². The Morgan fingerprint density at radius 1 is 1.22 bits per heavy atom. The van der Waals surface area contributed by atoms with E-state index in [0.717, 1.165) is 47.0 Å². The Labute approximate surface area is 219 Å². The number of nitrogens with zero attached hydrogens (tertiary/aromatic N) is 6. The lowest BCUT2D eigenvalue weighted by Gasteiger charge is -2.20. The number of likely N-dealkylation sites (N-methyl/N-ethyl adjacent to an activating group) is 1. The molecule has 1 saturated heterocycles. The summed E-state index contributed by atoms with van der Waals surface area (Å²) in [5, 5.41) is 1.55. The van der Waals surface area contributed by atoms with Gasteiger partial charge in [0.25, 0.3) is 0 Å². The van der Waals surface area contributed by atoms with Crippen LogP contribution in [0.5, 0.6) is 11.6 Å². The van der Waals surface area contributed by atoms with E-state index < -0.39 is 0 Å². The molecule has 1 aliphatic heterocycles. The number of rotatable bonds is 8. The molecule has 0 radical (unpaired) electrons. The van der Waals surface area contributed by atoms with Gasteiger partial charge in [-0.25, -0.2) is 15.0 Å². The van der Waals surface area contributed by atoms with Crippen LogP contribution in [0.25, 0.3) is 22.6 Å². The van der Waals surface area contributed by atoms with Crippen molar-refractivity contribution in [1.29, 1.82) is 0 Å². The number of fused-ring (bicyclic) bond motifs is 1. The molecule has 4 aromatic rings. The molecule has 0 unspecified atom stereocenters. The van der Waals surface area contributed by atoms with Gasteiger partial charge in [0.15, 0.2) is 11.2 Å². The van der Waals surface area contributed by atoms with Crippen molar-refractivity contribution in [2.45, 2.75) is 57.7 Å². The van der Waals surface area contributed by atoms with E-state index in [9.17, 15) is 0 Å². The predicted octanol–water partition coefficient (Wildman–Crippen LogP) is 5.36. The van der Waals surface area contributed by atoms with Crippen molar-refractivity contribution < 1.29 is 9.47 Å². The lowest BCUT2D eigenvalue weighted by Crippen LogP contribution is -2.30. The minimum absolute atomic E-state index is 0.179. The highest BCUT2D eigenvalue weighted by Gasteiger charge is 2.41. The zero-order chi connectivity index (χ0) is 24.9. The minimum atomic E-state index is -0.179. The first-order chi connectivity index (χ1) is 17.4. The fourth-order valence-corrected chi connectivity index (χ4v) is 5.65. The Morgan fingerprint density at radius 3 is 2.78 bits per heavy atom. The molecular formula is C26H29ClN6O2S. The summed E-state index contributed by atoms with van der Waals surface area (Å²) in [6.45, 7) is 6.45. The highest BCUT2D eigenvalue weighted by Crippen LogP contribution is 2.41. The van der Waals surface area contributed by atoms with Crippen molar-refractivity contribution in [3.63, 3.8) is 0 Å². The number of hydrogen-bond donors (Lipinski definition) is 0. The first-order valence-electron chi connectivity index (χ1n) is 12.3. The molecule has 0 spiro atoms. The van der Waals surface area contributed by atoms with Gasteiger partial charge in [-0.1, -0.05) is 11.6 Å². The molecule has 4 heterocycles. The lowest BCUT2D eigenvalue weighted by molar-refractivity contribution is 0.194. The molecule has 2 fully saturated rings. The molecule has 1 saturated carbocycles. The molecule has 0 amide bonds. The monoisotopic (exact) mass is 524 g/mol. The van der Waals surface area contributed by atoms with E-state index in [-0.39, 0.29) is 5.60 Å². The second-order valence-electron chi connectivity index (χ2n) is 10.0. The predicted molar refractivity (Wildman–Crippen MR) is 141 cm³/mol. The topological polar surface area (TPSA) is 78.2 Å². The van der Waals surface area contributed by atoms with Gasteiger partial charge in [-0.3, -0.25) is 0 Å². The van der Waals surface area contributed by atoms with Crippen LogP contribution in [-0.2, 0) is 6.54 Å². The van der Waals surface area contributed by atoms with E-state index in [1.54, 1.807) is 11.3 Å². The number of ether oxygens (including phenoxy) is 2. The van der Waals surface area contributed by atoms with Gasteiger partial charge < -0.3 is 18.9 Å². The van der Waals surface area contributed by atoms with Gasteiger partial charge in [0.2, 0.25) is 5.88 Å². The minimum Gasteiger partial charge on any atom is -0.492 e. The van der Waals surface area contributed by atoms with Crippen LogP contribution in [0.3, 0.4) is 0 Å². The summed E-state index contributed by atoms with van der Waals surface area (Å²) in [5.41, 5.74) is 1.96. The maximum atomic E-state index is 6.83. The smallest absolute Gasteiger partial charge is 0.245 e. The average Bonchev–Trinajstić information content (AvgIpc) is 3.16. The van der Waals surface area contributed by atoms with Crippen LogP contribution in [0.15, 0.2) is 30.7 Å². The molecule has 6 rings (SSSR count). The van der Waals surface area contributed by atoms with Crippen LogP contribution in [-0.4, -0.2) is 61.2 Å². The number of aromatic nitrogens is 5. The normalized spacial score (nSPS) is 19.2. The van der Waals surface area contributed by atoms with Gasteiger partial charge >= 0.3 is 0 Å². The number of imidazole rings is 1. The highest BCUT2D eigenvalue weighted by atomic mass is 35.5. The summed E-state index contributed by atoms with van der Waals surface area (Å²) in [4.78, 5) is 22.0. The molecule has 36 heavy (non-hydrogen) atoms. The van der Waals surface area contributed by atoms with E-state index in [1.165, 1.54) is 12.7 Å². The quantitative estimate of drug-likeness (QED) is 0.307. The van der Waals surface area contributed by atoms with Gasteiger partial charge in [0.1, 0.15) is 35.1 Å². The standard InChI is InChI=1S/C26H29ClN6O2S/c1-16-12-28-21(36-16)13-33-23(31-22-24(33)29-15-30-25(22)35-26(2)8-9-26)19-7-6-18(11-20(19)27)34-14-17-5-4-10-32(17)3/h6-7,11-12,15,17H,4-5,8-10,13-14H2,1-3H3/t17-/m1/s1. The van der Waals surface area contributed by atoms with Crippen molar-refractivity contribution in [1.82, 2.24) is 29.4 Å². The summed E-state index contributed by atoms with van der Waals surface area (Å²) < 4.78 is 14.4. The maximum absolute atomic E-state index is 6.83. The van der Waals surface area contributed by atoms with E-state index in [4.69, 9.17) is 26.1 Å². The second kappa shape index (κ2) is 9.28. The van der Waals surface area contributed by atoms with E-state index >= 15 is 0 Å². The molecular weight excluding hydrogens is 496 g/mol. The van der Waals surface area contributed by atoms with Crippen molar-refractivity contribution >= 4 is 34.1 Å². The van der Waals surface area contributed by atoms with E-state index in [2.05, 4.69) is 40.7 Å².